The minimum Gasteiger partial charge on any atom is -0.354 e. The Morgan fingerprint density at radius 1 is 1.17 bits per heavy atom. The second kappa shape index (κ2) is 9.23. The molecule has 6 heteroatoms. The smallest absolute Gasteiger partial charge is 0.270 e. The van der Waals surface area contributed by atoms with E-state index in [4.69, 9.17) is 11.6 Å². The number of hydrogen-bond donors (Lipinski definition) is 2. The number of carbonyl (C=O) groups is 1. The summed E-state index contributed by atoms with van der Waals surface area (Å²) in [5, 5.41) is 6.72. The van der Waals surface area contributed by atoms with Gasteiger partial charge in [-0.15, -0.1) is 0 Å². The number of benzene rings is 1. The topological polar surface area (TPSA) is 66.9 Å². The highest BCUT2D eigenvalue weighted by Crippen LogP contribution is 2.10. The van der Waals surface area contributed by atoms with Gasteiger partial charge in [-0.1, -0.05) is 43.5 Å². The van der Waals surface area contributed by atoms with Crippen LogP contribution in [0.1, 0.15) is 47.9 Å². The number of hydrogen-bond acceptors (Lipinski definition) is 4. The molecule has 1 aromatic heterocycles. The molecule has 2 N–H and O–H groups in total. The molecule has 128 valence electrons. The fourth-order valence-corrected chi connectivity index (χ4v) is 2.34. The van der Waals surface area contributed by atoms with E-state index in [1.807, 2.05) is 19.1 Å². The van der Waals surface area contributed by atoms with Crippen molar-refractivity contribution in [3.63, 3.8) is 0 Å². The van der Waals surface area contributed by atoms with Crippen molar-refractivity contribution in [2.75, 3.05) is 11.9 Å². The van der Waals surface area contributed by atoms with Crippen LogP contribution in [0.2, 0.25) is 5.02 Å². The third-order valence-electron chi connectivity index (χ3n) is 3.52. The van der Waals surface area contributed by atoms with Crippen LogP contribution in [-0.4, -0.2) is 22.4 Å². The number of carbonyl (C=O) groups excluding carboxylic acids is 1. The Morgan fingerprint density at radius 3 is 2.62 bits per heavy atom. The number of anilines is 1. The van der Waals surface area contributed by atoms with E-state index in [0.29, 0.717) is 23.2 Å². The summed E-state index contributed by atoms with van der Waals surface area (Å²) in [7, 11) is 0. The predicted molar refractivity (Wildman–Crippen MR) is 97.4 cm³/mol. The van der Waals surface area contributed by atoms with Gasteiger partial charge >= 0.3 is 0 Å². The first kappa shape index (κ1) is 18.2. The Hall–Kier alpha value is -2.14. The largest absolute Gasteiger partial charge is 0.354 e. The molecule has 0 fully saturated rings. The van der Waals surface area contributed by atoms with E-state index in [9.17, 15) is 4.79 Å². The Kier molecular flexibility index (Phi) is 7.00. The molecule has 5 nitrogen and oxygen atoms in total. The zero-order valence-electron chi connectivity index (χ0n) is 14.1. The molecule has 0 spiro atoms. The highest BCUT2D eigenvalue weighted by molar-refractivity contribution is 6.30. The highest BCUT2D eigenvalue weighted by Gasteiger charge is 2.10. The van der Waals surface area contributed by atoms with Crippen molar-refractivity contribution in [1.82, 2.24) is 15.3 Å². The van der Waals surface area contributed by atoms with Gasteiger partial charge in [-0.05, 0) is 37.1 Å². The van der Waals surface area contributed by atoms with Gasteiger partial charge in [0, 0.05) is 23.8 Å². The van der Waals surface area contributed by atoms with Crippen molar-refractivity contribution in [1.29, 1.82) is 0 Å². The molecule has 0 aliphatic rings. The Balaban J connectivity index is 1.95. The molecule has 0 aliphatic heterocycles. The minimum absolute atomic E-state index is 0.216. The number of aryl methyl sites for hydroxylation is 1. The lowest BCUT2D eigenvalue weighted by Crippen LogP contribution is -2.24. The SMILES string of the molecule is CCCCCNc1nc(C)cc(C(=O)NCc2ccc(Cl)cc2)n1. The maximum absolute atomic E-state index is 12.3. The minimum atomic E-state index is -0.216. The van der Waals surface area contributed by atoms with Crippen molar-refractivity contribution in [3.05, 3.63) is 52.3 Å². The molecular weight excluding hydrogens is 324 g/mol. The second-order valence-corrected chi connectivity index (χ2v) is 6.10. The lowest BCUT2D eigenvalue weighted by molar-refractivity contribution is 0.0945. The number of unbranched alkanes of at least 4 members (excludes halogenated alkanes) is 2. The molecule has 1 amide bonds. The monoisotopic (exact) mass is 346 g/mol. The first-order chi connectivity index (χ1) is 11.6. The number of aromatic nitrogens is 2. The molecule has 0 bridgehead atoms. The quantitative estimate of drug-likeness (QED) is 0.710. The fourth-order valence-electron chi connectivity index (χ4n) is 2.21. The van der Waals surface area contributed by atoms with Crippen LogP contribution in [0.3, 0.4) is 0 Å². The van der Waals surface area contributed by atoms with Crippen molar-refractivity contribution < 1.29 is 4.79 Å². The Bertz CT molecular complexity index is 673. The van der Waals surface area contributed by atoms with Crippen LogP contribution in [0.4, 0.5) is 5.95 Å². The molecule has 0 saturated heterocycles. The van der Waals surface area contributed by atoms with Crippen LogP contribution in [-0.2, 0) is 6.54 Å². The number of halogens is 1. The molecule has 0 unspecified atom stereocenters. The van der Waals surface area contributed by atoms with Crippen LogP contribution < -0.4 is 10.6 Å². The molecule has 2 rings (SSSR count). The molecule has 24 heavy (non-hydrogen) atoms. The third kappa shape index (κ3) is 5.81. The van der Waals surface area contributed by atoms with E-state index in [-0.39, 0.29) is 5.91 Å². The van der Waals surface area contributed by atoms with E-state index < -0.39 is 0 Å². The Labute approximate surface area is 147 Å². The summed E-state index contributed by atoms with van der Waals surface area (Å²) in [6.45, 7) is 5.25. The normalized spacial score (nSPS) is 10.5. The summed E-state index contributed by atoms with van der Waals surface area (Å²) in [5.41, 5.74) is 2.12. The van der Waals surface area contributed by atoms with Gasteiger partial charge in [-0.3, -0.25) is 4.79 Å². The summed E-state index contributed by atoms with van der Waals surface area (Å²) in [5.74, 6) is 0.287. The standard InChI is InChI=1S/C18H23ClN4O/c1-3-4-5-10-20-18-22-13(2)11-16(23-18)17(24)21-12-14-6-8-15(19)9-7-14/h6-9,11H,3-5,10,12H2,1-2H3,(H,21,24)(H,20,22,23). The van der Waals surface area contributed by atoms with Crippen LogP contribution in [0.5, 0.6) is 0 Å². The number of rotatable bonds is 8. The molecule has 1 heterocycles. The fraction of sp³-hybridized carbons (Fsp3) is 0.389. The maximum atomic E-state index is 12.3. The summed E-state index contributed by atoms with van der Waals surface area (Å²) in [6, 6.07) is 9.06. The average molecular weight is 347 g/mol. The van der Waals surface area contributed by atoms with E-state index >= 15 is 0 Å². The third-order valence-corrected chi connectivity index (χ3v) is 3.77. The van der Waals surface area contributed by atoms with Crippen molar-refractivity contribution in [2.45, 2.75) is 39.7 Å². The average Bonchev–Trinajstić information content (AvgIpc) is 2.57. The first-order valence-electron chi connectivity index (χ1n) is 8.20. The first-order valence-corrected chi connectivity index (χ1v) is 8.58. The van der Waals surface area contributed by atoms with Crippen LogP contribution >= 0.6 is 11.6 Å². The summed E-state index contributed by atoms with van der Waals surface area (Å²) >= 11 is 5.86. The van der Waals surface area contributed by atoms with Gasteiger partial charge in [-0.2, -0.15) is 0 Å². The Morgan fingerprint density at radius 2 is 1.92 bits per heavy atom. The highest BCUT2D eigenvalue weighted by atomic mass is 35.5. The predicted octanol–water partition coefficient (Wildman–Crippen LogP) is 3.97. The van der Waals surface area contributed by atoms with Crippen LogP contribution in [0.25, 0.3) is 0 Å². The molecule has 0 saturated carbocycles. The molecule has 1 aromatic carbocycles. The van der Waals surface area contributed by atoms with E-state index in [0.717, 1.165) is 37.1 Å². The van der Waals surface area contributed by atoms with Gasteiger partial charge in [0.05, 0.1) is 0 Å². The summed E-state index contributed by atoms with van der Waals surface area (Å²) in [4.78, 5) is 20.9. The van der Waals surface area contributed by atoms with Gasteiger partial charge < -0.3 is 10.6 Å². The van der Waals surface area contributed by atoms with Crippen molar-refractivity contribution in [2.24, 2.45) is 0 Å². The zero-order valence-corrected chi connectivity index (χ0v) is 14.9. The molecule has 2 aromatic rings. The molecule has 0 atom stereocenters. The van der Waals surface area contributed by atoms with Crippen molar-refractivity contribution >= 4 is 23.5 Å². The van der Waals surface area contributed by atoms with Crippen LogP contribution in [0, 0.1) is 6.92 Å². The number of amides is 1. The van der Waals surface area contributed by atoms with Gasteiger partial charge in [0.2, 0.25) is 5.95 Å². The number of nitrogens with zero attached hydrogens (tertiary/aromatic N) is 2. The lowest BCUT2D eigenvalue weighted by Gasteiger charge is -2.09. The molecule has 0 aliphatic carbocycles. The van der Waals surface area contributed by atoms with Gasteiger partial charge in [-0.25, -0.2) is 9.97 Å². The lowest BCUT2D eigenvalue weighted by atomic mass is 10.2. The molecular formula is C18H23ClN4O. The second-order valence-electron chi connectivity index (χ2n) is 5.66. The molecule has 0 radical (unpaired) electrons. The van der Waals surface area contributed by atoms with E-state index in [1.54, 1.807) is 18.2 Å². The van der Waals surface area contributed by atoms with E-state index in [2.05, 4.69) is 27.5 Å². The van der Waals surface area contributed by atoms with Crippen LogP contribution in [0.15, 0.2) is 30.3 Å². The summed E-state index contributed by atoms with van der Waals surface area (Å²) in [6.07, 6.45) is 3.38. The van der Waals surface area contributed by atoms with Crippen molar-refractivity contribution in [3.8, 4) is 0 Å². The van der Waals surface area contributed by atoms with E-state index in [1.165, 1.54) is 0 Å². The van der Waals surface area contributed by atoms with Gasteiger partial charge in [0.25, 0.3) is 5.91 Å². The summed E-state index contributed by atoms with van der Waals surface area (Å²) < 4.78 is 0. The van der Waals surface area contributed by atoms with Gasteiger partial charge in [0.1, 0.15) is 5.69 Å². The number of nitrogens with one attached hydrogen (secondary N) is 2. The maximum Gasteiger partial charge on any atom is 0.270 e. The zero-order chi connectivity index (χ0) is 17.4. The van der Waals surface area contributed by atoms with Gasteiger partial charge in [0.15, 0.2) is 0 Å².